The van der Waals surface area contributed by atoms with Crippen molar-refractivity contribution < 1.29 is 9.47 Å². The summed E-state index contributed by atoms with van der Waals surface area (Å²) >= 11 is 0. The molecule has 2 aromatic heterocycles. The van der Waals surface area contributed by atoms with Crippen LogP contribution in [0.3, 0.4) is 0 Å². The first-order valence-electron chi connectivity index (χ1n) is 7.93. The zero-order chi connectivity index (χ0) is 18.4. The summed E-state index contributed by atoms with van der Waals surface area (Å²) in [6.45, 7) is 3.80. The zero-order valence-corrected chi connectivity index (χ0v) is 14.3. The van der Waals surface area contributed by atoms with Crippen molar-refractivity contribution in [2.45, 2.75) is 0 Å². The quantitative estimate of drug-likeness (QED) is 0.543. The highest BCUT2D eigenvalue weighted by Gasteiger charge is 2.14. The Morgan fingerprint density at radius 2 is 1.96 bits per heavy atom. The molecule has 0 saturated heterocycles. The SMILES string of the molecule is C=Cc1cc[nH]c1C(=NC(=N)c1cccc(OC)n1)Oc1ccccc1. The fourth-order valence-electron chi connectivity index (χ4n) is 2.29. The Kier molecular flexibility index (Phi) is 5.24. The van der Waals surface area contributed by atoms with Gasteiger partial charge < -0.3 is 14.5 Å². The van der Waals surface area contributed by atoms with Crippen LogP contribution >= 0.6 is 0 Å². The average molecular weight is 346 g/mol. The Bertz CT molecular complexity index is 945. The zero-order valence-electron chi connectivity index (χ0n) is 14.3. The van der Waals surface area contributed by atoms with Crippen molar-refractivity contribution in [2.24, 2.45) is 4.99 Å². The Hall–Kier alpha value is -3.67. The summed E-state index contributed by atoms with van der Waals surface area (Å²) in [5, 5.41) is 8.30. The maximum Gasteiger partial charge on any atom is 0.245 e. The third-order valence-electron chi connectivity index (χ3n) is 3.56. The molecule has 0 fully saturated rings. The van der Waals surface area contributed by atoms with Gasteiger partial charge in [-0.05, 0) is 24.3 Å². The van der Waals surface area contributed by atoms with Crippen molar-refractivity contribution in [3.63, 3.8) is 0 Å². The van der Waals surface area contributed by atoms with E-state index in [9.17, 15) is 0 Å². The van der Waals surface area contributed by atoms with Crippen LogP contribution in [0.5, 0.6) is 11.6 Å². The monoisotopic (exact) mass is 346 g/mol. The van der Waals surface area contributed by atoms with Crippen LogP contribution in [0, 0.1) is 5.41 Å². The number of hydrogen-bond acceptors (Lipinski definition) is 4. The molecule has 0 amide bonds. The van der Waals surface area contributed by atoms with E-state index >= 15 is 0 Å². The van der Waals surface area contributed by atoms with Crippen molar-refractivity contribution in [1.29, 1.82) is 5.41 Å². The van der Waals surface area contributed by atoms with E-state index in [2.05, 4.69) is 21.5 Å². The van der Waals surface area contributed by atoms with E-state index in [1.807, 2.05) is 36.4 Å². The second kappa shape index (κ2) is 7.94. The number of methoxy groups -OCH3 is 1. The first-order valence-corrected chi connectivity index (χ1v) is 7.93. The van der Waals surface area contributed by atoms with Crippen LogP contribution in [0.2, 0.25) is 0 Å². The van der Waals surface area contributed by atoms with Gasteiger partial charge in [-0.15, -0.1) is 0 Å². The normalized spacial score (nSPS) is 11.0. The average Bonchev–Trinajstić information content (AvgIpc) is 3.17. The lowest BCUT2D eigenvalue weighted by atomic mass is 10.2. The largest absolute Gasteiger partial charge is 0.481 e. The fraction of sp³-hybridized carbons (Fsp3) is 0.0500. The minimum absolute atomic E-state index is 0.0422. The molecule has 26 heavy (non-hydrogen) atoms. The number of ether oxygens (including phenoxy) is 2. The summed E-state index contributed by atoms with van der Waals surface area (Å²) in [5.41, 5.74) is 1.84. The second-order valence-corrected chi connectivity index (χ2v) is 5.26. The van der Waals surface area contributed by atoms with E-state index in [1.54, 1.807) is 30.5 Å². The number of aliphatic imine (C=N–C) groups is 1. The Morgan fingerprint density at radius 1 is 1.15 bits per heavy atom. The molecule has 130 valence electrons. The summed E-state index contributed by atoms with van der Waals surface area (Å²) in [5.74, 6) is 1.24. The molecule has 1 aromatic carbocycles. The van der Waals surface area contributed by atoms with Gasteiger partial charge in [-0.25, -0.2) is 4.98 Å². The highest BCUT2D eigenvalue weighted by Crippen LogP contribution is 2.16. The molecular formula is C20H18N4O2. The number of para-hydroxylation sites is 1. The molecule has 3 aromatic rings. The van der Waals surface area contributed by atoms with Gasteiger partial charge in [0.1, 0.15) is 17.1 Å². The van der Waals surface area contributed by atoms with Gasteiger partial charge in [0.05, 0.1) is 7.11 Å². The Balaban J connectivity index is 2.00. The first kappa shape index (κ1) is 17.2. The molecule has 6 nitrogen and oxygen atoms in total. The number of H-pyrrole nitrogens is 1. The summed E-state index contributed by atoms with van der Waals surface area (Å²) < 4.78 is 11.0. The number of nitrogens with one attached hydrogen (secondary N) is 2. The number of pyridine rings is 1. The van der Waals surface area contributed by atoms with Crippen molar-refractivity contribution in [3.05, 3.63) is 84.3 Å². The molecule has 0 aliphatic heterocycles. The highest BCUT2D eigenvalue weighted by atomic mass is 16.5. The number of hydrogen-bond donors (Lipinski definition) is 2. The minimum Gasteiger partial charge on any atom is -0.481 e. The lowest BCUT2D eigenvalue weighted by Crippen LogP contribution is -2.15. The van der Waals surface area contributed by atoms with E-state index in [1.165, 1.54) is 7.11 Å². The minimum atomic E-state index is -0.0422. The lowest BCUT2D eigenvalue weighted by molar-refractivity contribution is 0.397. The Morgan fingerprint density at radius 3 is 2.69 bits per heavy atom. The molecule has 0 saturated carbocycles. The van der Waals surface area contributed by atoms with Gasteiger partial charge in [-0.1, -0.05) is 36.9 Å². The topological polar surface area (TPSA) is 83.4 Å². The van der Waals surface area contributed by atoms with Crippen LogP contribution < -0.4 is 9.47 Å². The molecule has 0 spiro atoms. The molecule has 2 N–H and O–H groups in total. The van der Waals surface area contributed by atoms with Gasteiger partial charge >= 0.3 is 0 Å². The number of aromatic amines is 1. The summed E-state index contributed by atoms with van der Waals surface area (Å²) in [6, 6.07) is 16.3. The van der Waals surface area contributed by atoms with Gasteiger partial charge in [-0.3, -0.25) is 5.41 Å². The number of rotatable bonds is 5. The smallest absolute Gasteiger partial charge is 0.245 e. The molecule has 0 aliphatic rings. The number of benzene rings is 1. The molecule has 0 atom stereocenters. The van der Waals surface area contributed by atoms with Gasteiger partial charge in [0.25, 0.3) is 0 Å². The molecule has 0 aliphatic carbocycles. The van der Waals surface area contributed by atoms with Crippen LogP contribution in [-0.2, 0) is 0 Å². The van der Waals surface area contributed by atoms with Crippen molar-refractivity contribution in [1.82, 2.24) is 9.97 Å². The van der Waals surface area contributed by atoms with Gasteiger partial charge in [0.15, 0.2) is 5.84 Å². The molecule has 2 heterocycles. The predicted molar refractivity (Wildman–Crippen MR) is 102 cm³/mol. The predicted octanol–water partition coefficient (Wildman–Crippen LogP) is 3.91. The lowest BCUT2D eigenvalue weighted by Gasteiger charge is -2.09. The van der Waals surface area contributed by atoms with Crippen LogP contribution in [0.25, 0.3) is 6.08 Å². The standard InChI is InChI=1S/C20H18N4O2/c1-3-14-12-13-22-18(14)20(26-15-8-5-4-6-9-15)24-19(21)16-10-7-11-17(23-16)25-2/h3-13,21-22H,1H2,2H3. The van der Waals surface area contributed by atoms with Crippen LogP contribution in [0.4, 0.5) is 0 Å². The summed E-state index contributed by atoms with van der Waals surface area (Å²) in [6.07, 6.45) is 3.47. The molecular weight excluding hydrogens is 328 g/mol. The first-order chi connectivity index (χ1) is 12.7. The van der Waals surface area contributed by atoms with Gasteiger partial charge in [-0.2, -0.15) is 4.99 Å². The molecule has 6 heteroatoms. The van der Waals surface area contributed by atoms with Crippen LogP contribution in [-0.4, -0.2) is 28.8 Å². The van der Waals surface area contributed by atoms with Gasteiger partial charge in [0, 0.05) is 17.8 Å². The van der Waals surface area contributed by atoms with Gasteiger partial charge in [0.2, 0.25) is 11.8 Å². The number of aromatic nitrogens is 2. The molecule has 0 radical (unpaired) electrons. The number of amidine groups is 1. The Labute approximate surface area is 151 Å². The number of nitrogens with zero attached hydrogens (tertiary/aromatic N) is 2. The third kappa shape index (κ3) is 3.87. The van der Waals surface area contributed by atoms with Crippen LogP contribution in [0.15, 0.2) is 72.4 Å². The van der Waals surface area contributed by atoms with E-state index < -0.39 is 0 Å². The molecule has 0 bridgehead atoms. The molecule has 0 unspecified atom stereocenters. The maximum absolute atomic E-state index is 8.30. The van der Waals surface area contributed by atoms with E-state index in [4.69, 9.17) is 14.9 Å². The summed E-state index contributed by atoms with van der Waals surface area (Å²) in [7, 11) is 1.53. The van der Waals surface area contributed by atoms with E-state index in [-0.39, 0.29) is 11.7 Å². The highest BCUT2D eigenvalue weighted by molar-refractivity contribution is 6.08. The third-order valence-corrected chi connectivity index (χ3v) is 3.56. The van der Waals surface area contributed by atoms with E-state index in [0.717, 1.165) is 5.56 Å². The van der Waals surface area contributed by atoms with Crippen LogP contribution in [0.1, 0.15) is 17.0 Å². The van der Waals surface area contributed by atoms with E-state index in [0.29, 0.717) is 23.0 Å². The molecule has 3 rings (SSSR count). The van der Waals surface area contributed by atoms with Crippen molar-refractivity contribution in [3.8, 4) is 11.6 Å². The maximum atomic E-state index is 8.30. The van der Waals surface area contributed by atoms with Crippen molar-refractivity contribution in [2.75, 3.05) is 7.11 Å². The summed E-state index contributed by atoms with van der Waals surface area (Å²) in [4.78, 5) is 11.7. The van der Waals surface area contributed by atoms with Crippen molar-refractivity contribution >= 4 is 17.8 Å². The fourth-order valence-corrected chi connectivity index (χ4v) is 2.29. The second-order valence-electron chi connectivity index (χ2n) is 5.26.